The zero-order valence-electron chi connectivity index (χ0n) is 14.4. The second-order valence-corrected chi connectivity index (χ2v) is 7.31. The van der Waals surface area contributed by atoms with E-state index in [1.165, 1.54) is 24.2 Å². The SMILES string of the molecule is C=CC(Cl)=C(C(Cl)=CC)c1c(=O)ncn2nc(Sc3ccccc3)ccc12. The summed E-state index contributed by atoms with van der Waals surface area (Å²) in [6.07, 6.45) is 4.50. The van der Waals surface area contributed by atoms with E-state index in [9.17, 15) is 4.79 Å². The van der Waals surface area contributed by atoms with Gasteiger partial charge in [0, 0.05) is 20.5 Å². The highest BCUT2D eigenvalue weighted by Crippen LogP contribution is 2.33. The van der Waals surface area contributed by atoms with Crippen LogP contribution in [0.1, 0.15) is 12.5 Å². The highest BCUT2D eigenvalue weighted by molar-refractivity contribution is 7.99. The highest BCUT2D eigenvalue weighted by atomic mass is 35.5. The van der Waals surface area contributed by atoms with Gasteiger partial charge in [0.25, 0.3) is 5.56 Å². The molecular weight excluding hydrogens is 401 g/mol. The number of hydrogen-bond acceptors (Lipinski definition) is 4. The molecule has 0 atom stereocenters. The first kappa shape index (κ1) is 19.4. The fourth-order valence-corrected chi connectivity index (χ4v) is 3.73. The number of hydrogen-bond donors (Lipinski definition) is 0. The first-order chi connectivity index (χ1) is 13.0. The van der Waals surface area contributed by atoms with Crippen molar-refractivity contribution >= 4 is 46.1 Å². The van der Waals surface area contributed by atoms with Gasteiger partial charge in [-0.3, -0.25) is 4.79 Å². The Hall–Kier alpha value is -2.34. The Balaban J connectivity index is 2.18. The van der Waals surface area contributed by atoms with Gasteiger partial charge in [0.2, 0.25) is 0 Å². The number of benzene rings is 1. The quantitative estimate of drug-likeness (QED) is 0.514. The van der Waals surface area contributed by atoms with Crippen LogP contribution in [0.25, 0.3) is 11.1 Å². The molecule has 0 saturated carbocycles. The average molecular weight is 416 g/mol. The maximum absolute atomic E-state index is 12.5. The molecule has 0 N–H and O–H groups in total. The van der Waals surface area contributed by atoms with Gasteiger partial charge >= 0.3 is 0 Å². The number of nitrogens with zero attached hydrogens (tertiary/aromatic N) is 3. The number of rotatable bonds is 5. The summed E-state index contributed by atoms with van der Waals surface area (Å²) in [5.74, 6) is 0. The summed E-state index contributed by atoms with van der Waals surface area (Å²) in [5.41, 5.74) is 0.795. The van der Waals surface area contributed by atoms with Gasteiger partial charge in [-0.05, 0) is 31.2 Å². The molecule has 27 heavy (non-hydrogen) atoms. The standard InChI is InChI=1S/C20H15Cl2N3OS/c1-3-14(21)18(15(22)4-2)19-16-10-11-17(24-25(16)12-23-20(19)26)27-13-8-6-5-7-9-13/h3-12H,1H2,2H3. The Labute approximate surface area is 170 Å². The maximum Gasteiger partial charge on any atom is 0.281 e. The van der Waals surface area contributed by atoms with Crippen LogP contribution in [0, 0.1) is 0 Å². The van der Waals surface area contributed by atoms with E-state index in [1.807, 2.05) is 42.5 Å². The fraction of sp³-hybridized carbons (Fsp3) is 0.0500. The van der Waals surface area contributed by atoms with Crippen LogP contribution >= 0.6 is 35.0 Å². The average Bonchev–Trinajstić information content (AvgIpc) is 2.70. The zero-order valence-corrected chi connectivity index (χ0v) is 16.7. The van der Waals surface area contributed by atoms with Gasteiger partial charge in [-0.15, -0.1) is 0 Å². The van der Waals surface area contributed by atoms with Crippen LogP contribution in [0.15, 0.2) is 92.3 Å². The molecule has 136 valence electrons. The van der Waals surface area contributed by atoms with E-state index < -0.39 is 5.56 Å². The lowest BCUT2D eigenvalue weighted by molar-refractivity contribution is 0.820. The minimum Gasteiger partial charge on any atom is -0.267 e. The van der Waals surface area contributed by atoms with E-state index >= 15 is 0 Å². The van der Waals surface area contributed by atoms with Crippen molar-refractivity contribution in [3.8, 4) is 0 Å². The minimum atomic E-state index is -0.435. The first-order valence-electron chi connectivity index (χ1n) is 8.01. The molecular formula is C20H15Cl2N3OS. The molecule has 0 amide bonds. The molecule has 3 aromatic rings. The molecule has 3 rings (SSSR count). The van der Waals surface area contributed by atoms with Gasteiger partial charge in [-0.2, -0.15) is 10.1 Å². The smallest absolute Gasteiger partial charge is 0.267 e. The highest BCUT2D eigenvalue weighted by Gasteiger charge is 2.18. The molecule has 0 fully saturated rings. The number of fused-ring (bicyclic) bond motifs is 1. The van der Waals surface area contributed by atoms with E-state index in [0.717, 1.165) is 9.92 Å². The van der Waals surface area contributed by atoms with Crippen LogP contribution in [-0.4, -0.2) is 14.6 Å². The van der Waals surface area contributed by atoms with Crippen molar-refractivity contribution in [3.05, 3.63) is 93.5 Å². The van der Waals surface area contributed by atoms with E-state index in [0.29, 0.717) is 16.1 Å². The van der Waals surface area contributed by atoms with Gasteiger partial charge in [0.1, 0.15) is 11.4 Å². The lowest BCUT2D eigenvalue weighted by Crippen LogP contribution is -2.16. The lowest BCUT2D eigenvalue weighted by Gasteiger charge is -2.11. The third kappa shape index (κ3) is 4.16. The first-order valence-corrected chi connectivity index (χ1v) is 9.58. The second kappa shape index (κ2) is 8.57. The fourth-order valence-electron chi connectivity index (χ4n) is 2.49. The van der Waals surface area contributed by atoms with Crippen molar-refractivity contribution in [1.29, 1.82) is 0 Å². The lowest BCUT2D eigenvalue weighted by atomic mass is 10.1. The third-order valence-electron chi connectivity index (χ3n) is 3.72. The molecule has 4 nitrogen and oxygen atoms in total. The van der Waals surface area contributed by atoms with Crippen LogP contribution in [0.3, 0.4) is 0 Å². The second-order valence-electron chi connectivity index (χ2n) is 5.40. The monoisotopic (exact) mass is 415 g/mol. The molecule has 2 heterocycles. The summed E-state index contributed by atoms with van der Waals surface area (Å²) in [5, 5.41) is 5.93. The molecule has 0 aliphatic carbocycles. The van der Waals surface area contributed by atoms with Crippen LogP contribution in [0.2, 0.25) is 0 Å². The molecule has 0 bridgehead atoms. The Bertz CT molecular complexity index is 1120. The largest absolute Gasteiger partial charge is 0.281 e. The van der Waals surface area contributed by atoms with Crippen molar-refractivity contribution in [1.82, 2.24) is 14.6 Å². The Kier molecular flexibility index (Phi) is 6.16. The van der Waals surface area contributed by atoms with Crippen LogP contribution in [-0.2, 0) is 0 Å². The van der Waals surface area contributed by atoms with Crippen molar-refractivity contribution in [2.45, 2.75) is 16.8 Å². The molecule has 7 heteroatoms. The van der Waals surface area contributed by atoms with Crippen molar-refractivity contribution in [2.75, 3.05) is 0 Å². The van der Waals surface area contributed by atoms with Crippen LogP contribution in [0.4, 0.5) is 0 Å². The summed E-state index contributed by atoms with van der Waals surface area (Å²) >= 11 is 14.1. The van der Waals surface area contributed by atoms with Crippen molar-refractivity contribution in [2.24, 2.45) is 0 Å². The predicted molar refractivity (Wildman–Crippen MR) is 112 cm³/mol. The maximum atomic E-state index is 12.5. The van der Waals surface area contributed by atoms with E-state index in [4.69, 9.17) is 23.2 Å². The van der Waals surface area contributed by atoms with Gasteiger partial charge < -0.3 is 0 Å². The summed E-state index contributed by atoms with van der Waals surface area (Å²) in [6.45, 7) is 5.43. The van der Waals surface area contributed by atoms with Gasteiger partial charge in [-0.25, -0.2) is 4.52 Å². The zero-order chi connectivity index (χ0) is 19.4. The molecule has 0 unspecified atom stereocenters. The predicted octanol–water partition coefficient (Wildman–Crippen LogP) is 5.52. The Morgan fingerprint density at radius 1 is 1.19 bits per heavy atom. The summed E-state index contributed by atoms with van der Waals surface area (Å²) in [4.78, 5) is 17.5. The summed E-state index contributed by atoms with van der Waals surface area (Å²) in [7, 11) is 0. The van der Waals surface area contributed by atoms with Gasteiger partial charge in [-0.1, -0.05) is 71.9 Å². The molecule has 0 radical (unpaired) electrons. The van der Waals surface area contributed by atoms with E-state index in [2.05, 4.69) is 16.7 Å². The van der Waals surface area contributed by atoms with E-state index in [1.54, 1.807) is 17.5 Å². The van der Waals surface area contributed by atoms with Crippen molar-refractivity contribution in [3.63, 3.8) is 0 Å². The van der Waals surface area contributed by atoms with Gasteiger partial charge in [0.05, 0.1) is 11.1 Å². The summed E-state index contributed by atoms with van der Waals surface area (Å²) in [6, 6.07) is 13.6. The molecule has 0 spiro atoms. The molecule has 2 aromatic heterocycles. The van der Waals surface area contributed by atoms with Crippen LogP contribution in [0.5, 0.6) is 0 Å². The molecule has 0 aliphatic heterocycles. The third-order valence-corrected chi connectivity index (χ3v) is 5.40. The number of aromatic nitrogens is 3. The number of allylic oxidation sites excluding steroid dienone is 5. The Morgan fingerprint density at radius 3 is 2.59 bits per heavy atom. The van der Waals surface area contributed by atoms with Crippen LogP contribution < -0.4 is 5.56 Å². The molecule has 1 aromatic carbocycles. The van der Waals surface area contributed by atoms with E-state index in [-0.39, 0.29) is 10.6 Å². The van der Waals surface area contributed by atoms with Crippen molar-refractivity contribution < 1.29 is 0 Å². The normalized spacial score (nSPS) is 12.8. The molecule has 0 saturated heterocycles. The Morgan fingerprint density at radius 2 is 1.93 bits per heavy atom. The summed E-state index contributed by atoms with van der Waals surface area (Å²) < 4.78 is 1.55. The molecule has 0 aliphatic rings. The topological polar surface area (TPSA) is 47.3 Å². The van der Waals surface area contributed by atoms with Gasteiger partial charge in [0.15, 0.2) is 0 Å². The minimum absolute atomic E-state index is 0.271. The number of halogens is 2.